The molecule has 0 atom stereocenters. The second kappa shape index (κ2) is 14.3. The van der Waals surface area contributed by atoms with Crippen molar-refractivity contribution in [2.45, 2.75) is 27.3 Å². The van der Waals surface area contributed by atoms with Crippen LogP contribution in [-0.2, 0) is 45.0 Å². The van der Waals surface area contributed by atoms with Gasteiger partial charge in [0.15, 0.2) is 14.6 Å². The molecule has 0 radical (unpaired) electrons. The maximum absolute atomic E-state index is 12.8. The Labute approximate surface area is 257 Å². The molecule has 0 spiro atoms. The Morgan fingerprint density at radius 1 is 1.05 bits per heavy atom. The summed E-state index contributed by atoms with van der Waals surface area (Å²) in [6, 6.07) is 3.75. The van der Waals surface area contributed by atoms with Crippen molar-refractivity contribution < 1.29 is 51.5 Å². The SMILES string of the molecule is CCOC(=O)c1sc(NC(=O)CS(=O)(=O)CC(=O)N=c2sc3cc([N+](=O)[O-])ccc3n2CC(=O)OC)c(C(=O)OCC)c1C. The van der Waals surface area contributed by atoms with E-state index in [1.807, 2.05) is 0 Å². The number of thiophene rings is 1. The predicted molar refractivity (Wildman–Crippen MR) is 157 cm³/mol. The fourth-order valence-corrected chi connectivity index (χ4v) is 6.99. The van der Waals surface area contributed by atoms with Crippen LogP contribution in [0.3, 0.4) is 0 Å². The quantitative estimate of drug-likeness (QED) is 0.127. The number of aromatic nitrogens is 1. The highest BCUT2D eigenvalue weighted by molar-refractivity contribution is 7.92. The Kier molecular flexibility index (Phi) is 11.1. The summed E-state index contributed by atoms with van der Waals surface area (Å²) >= 11 is 1.51. The molecule has 1 aromatic carbocycles. The zero-order chi connectivity index (χ0) is 32.8. The van der Waals surface area contributed by atoms with Gasteiger partial charge in [-0.3, -0.25) is 24.5 Å². The first-order chi connectivity index (χ1) is 20.7. The molecule has 3 aromatic rings. The van der Waals surface area contributed by atoms with Crippen LogP contribution in [0.1, 0.15) is 39.4 Å². The Morgan fingerprint density at radius 3 is 2.32 bits per heavy atom. The highest BCUT2D eigenvalue weighted by atomic mass is 32.2. The van der Waals surface area contributed by atoms with Crippen LogP contribution in [0.5, 0.6) is 0 Å². The van der Waals surface area contributed by atoms with Crippen LogP contribution < -0.4 is 10.1 Å². The smallest absolute Gasteiger partial charge is 0.348 e. The van der Waals surface area contributed by atoms with Crippen LogP contribution in [0.2, 0.25) is 0 Å². The molecule has 0 unspecified atom stereocenters. The molecular weight excluding hydrogens is 644 g/mol. The van der Waals surface area contributed by atoms with E-state index in [2.05, 4.69) is 15.0 Å². The number of carbonyl (C=O) groups is 5. The minimum absolute atomic E-state index is 0.00738. The summed E-state index contributed by atoms with van der Waals surface area (Å²) in [4.78, 5) is 76.5. The molecule has 0 aliphatic heterocycles. The van der Waals surface area contributed by atoms with Crippen molar-refractivity contribution in [3.8, 4) is 0 Å². The lowest BCUT2D eigenvalue weighted by Crippen LogP contribution is -2.29. The van der Waals surface area contributed by atoms with Crippen molar-refractivity contribution in [3.05, 3.63) is 49.1 Å². The van der Waals surface area contributed by atoms with Gasteiger partial charge < -0.3 is 24.1 Å². The summed E-state index contributed by atoms with van der Waals surface area (Å²) < 4.78 is 41.7. The monoisotopic (exact) mass is 670 g/mol. The van der Waals surface area contributed by atoms with Crippen molar-refractivity contribution in [2.24, 2.45) is 4.99 Å². The van der Waals surface area contributed by atoms with Crippen molar-refractivity contribution in [2.75, 3.05) is 37.1 Å². The molecule has 0 fully saturated rings. The van der Waals surface area contributed by atoms with Gasteiger partial charge >= 0.3 is 17.9 Å². The number of methoxy groups -OCH3 is 1. The zero-order valence-corrected chi connectivity index (χ0v) is 26.2. The van der Waals surface area contributed by atoms with Crippen LogP contribution in [0.15, 0.2) is 23.2 Å². The number of nitro groups is 1. The number of nitrogens with one attached hydrogen (secondary N) is 1. The number of esters is 3. The first-order valence-corrected chi connectivity index (χ1v) is 16.1. The second-order valence-electron chi connectivity index (χ2n) is 8.74. The third kappa shape index (κ3) is 8.11. The summed E-state index contributed by atoms with van der Waals surface area (Å²) in [5.74, 6) is -6.98. The number of thiazole rings is 1. The Morgan fingerprint density at radius 2 is 1.70 bits per heavy atom. The molecule has 0 aliphatic carbocycles. The molecular formula is C25H26N4O12S3. The molecule has 0 aliphatic rings. The summed E-state index contributed by atoms with van der Waals surface area (Å²) in [7, 11) is -3.29. The van der Waals surface area contributed by atoms with Crippen LogP contribution in [0.4, 0.5) is 10.7 Å². The zero-order valence-electron chi connectivity index (χ0n) is 23.7. The second-order valence-corrected chi connectivity index (χ2v) is 12.8. The largest absolute Gasteiger partial charge is 0.468 e. The third-order valence-corrected chi connectivity index (χ3v) is 9.26. The van der Waals surface area contributed by atoms with Gasteiger partial charge in [-0.1, -0.05) is 11.3 Å². The van der Waals surface area contributed by atoms with E-state index < -0.39 is 62.5 Å². The van der Waals surface area contributed by atoms with E-state index in [1.165, 1.54) is 29.7 Å². The molecule has 0 saturated carbocycles. The molecule has 2 aromatic heterocycles. The number of nitrogens with zero attached hydrogens (tertiary/aromatic N) is 3. The summed E-state index contributed by atoms with van der Waals surface area (Å²) in [5, 5.41) is 13.3. The molecule has 1 N–H and O–H groups in total. The van der Waals surface area contributed by atoms with Gasteiger partial charge in [0.1, 0.15) is 27.9 Å². The number of ether oxygens (including phenoxy) is 3. The lowest BCUT2D eigenvalue weighted by molar-refractivity contribution is -0.384. The van der Waals surface area contributed by atoms with Gasteiger partial charge in [0, 0.05) is 12.1 Å². The lowest BCUT2D eigenvalue weighted by Gasteiger charge is -2.07. The summed E-state index contributed by atoms with van der Waals surface area (Å²) in [5.41, 5.74) is 0.0901. The van der Waals surface area contributed by atoms with Gasteiger partial charge in [0.2, 0.25) is 5.91 Å². The number of fused-ring (bicyclic) bond motifs is 1. The number of sulfone groups is 1. The van der Waals surface area contributed by atoms with E-state index in [0.717, 1.165) is 18.4 Å². The van der Waals surface area contributed by atoms with E-state index >= 15 is 0 Å². The number of hydrogen-bond acceptors (Lipinski definition) is 14. The average molecular weight is 671 g/mol. The maximum Gasteiger partial charge on any atom is 0.348 e. The standard InChI is InChI=1S/C25H26N4O12S3/c1-5-40-23(33)20-13(3)21(24(34)41-6-2)43-22(20)26-17(30)11-44(37,38)12-18(31)27-25-28(10-19(32)39-4)15-8-7-14(29(35)36)9-16(15)42-25/h7-9H,5-6,10-12H2,1-4H3,(H,26,30). The number of benzene rings is 1. The number of anilines is 1. The van der Waals surface area contributed by atoms with Gasteiger partial charge in [0.05, 0.1) is 41.0 Å². The Bertz CT molecular complexity index is 1840. The van der Waals surface area contributed by atoms with Gasteiger partial charge in [-0.25, -0.2) is 18.0 Å². The van der Waals surface area contributed by atoms with Crippen LogP contribution >= 0.6 is 22.7 Å². The fourth-order valence-electron chi connectivity index (χ4n) is 3.79. The molecule has 2 amide bonds. The number of non-ortho nitro benzene ring substituents is 1. The highest BCUT2D eigenvalue weighted by Crippen LogP contribution is 2.34. The van der Waals surface area contributed by atoms with E-state index in [9.17, 15) is 42.5 Å². The molecule has 44 heavy (non-hydrogen) atoms. The van der Waals surface area contributed by atoms with Crippen LogP contribution in [-0.4, -0.2) is 79.5 Å². The number of carbonyl (C=O) groups excluding carboxylic acids is 5. The Hall–Kier alpha value is -4.49. The van der Waals surface area contributed by atoms with E-state index in [0.29, 0.717) is 21.6 Å². The molecule has 3 rings (SSSR count). The first kappa shape index (κ1) is 34.0. The maximum atomic E-state index is 12.8. The molecule has 0 bridgehead atoms. The number of rotatable bonds is 12. The average Bonchev–Trinajstić information content (AvgIpc) is 3.43. The van der Waals surface area contributed by atoms with Crippen molar-refractivity contribution >= 4 is 83.1 Å². The van der Waals surface area contributed by atoms with Crippen molar-refractivity contribution in [1.82, 2.24) is 4.57 Å². The van der Waals surface area contributed by atoms with E-state index in [4.69, 9.17) is 9.47 Å². The molecule has 16 nitrogen and oxygen atoms in total. The molecule has 236 valence electrons. The van der Waals surface area contributed by atoms with Crippen LogP contribution in [0.25, 0.3) is 10.2 Å². The lowest BCUT2D eigenvalue weighted by atomic mass is 10.1. The summed E-state index contributed by atoms with van der Waals surface area (Å²) in [6.07, 6.45) is 0. The van der Waals surface area contributed by atoms with Gasteiger partial charge in [0.25, 0.3) is 11.6 Å². The fraction of sp³-hybridized carbons (Fsp3) is 0.360. The third-order valence-electron chi connectivity index (χ3n) is 5.65. The highest BCUT2D eigenvalue weighted by Gasteiger charge is 2.29. The van der Waals surface area contributed by atoms with Gasteiger partial charge in [-0.05, 0) is 32.4 Å². The van der Waals surface area contributed by atoms with Crippen molar-refractivity contribution in [3.63, 3.8) is 0 Å². The minimum Gasteiger partial charge on any atom is -0.468 e. The van der Waals surface area contributed by atoms with E-state index in [1.54, 1.807) is 13.8 Å². The number of hydrogen-bond donors (Lipinski definition) is 1. The first-order valence-electron chi connectivity index (χ1n) is 12.6. The molecule has 2 heterocycles. The van der Waals surface area contributed by atoms with Gasteiger partial charge in [-0.15, -0.1) is 11.3 Å². The van der Waals surface area contributed by atoms with Gasteiger partial charge in [-0.2, -0.15) is 4.99 Å². The molecule has 0 saturated heterocycles. The van der Waals surface area contributed by atoms with E-state index in [-0.39, 0.29) is 44.7 Å². The molecule has 19 heteroatoms. The summed E-state index contributed by atoms with van der Waals surface area (Å²) in [6.45, 7) is 4.20. The Balaban J connectivity index is 1.86. The normalized spacial score (nSPS) is 11.7. The topological polar surface area (TPSA) is 220 Å². The number of amides is 2. The predicted octanol–water partition coefficient (Wildman–Crippen LogP) is 1.99. The van der Waals surface area contributed by atoms with Crippen molar-refractivity contribution in [1.29, 1.82) is 0 Å². The number of nitro benzene ring substituents is 1. The minimum atomic E-state index is -4.42. The van der Waals surface area contributed by atoms with Crippen LogP contribution in [0, 0.1) is 17.0 Å².